The highest BCUT2D eigenvalue weighted by Crippen LogP contribution is 2.32. The van der Waals surface area contributed by atoms with Crippen LogP contribution >= 0.6 is 0 Å². The molecule has 4 nitrogen and oxygen atoms in total. The maximum Gasteiger partial charge on any atom is 0.416 e. The van der Waals surface area contributed by atoms with Gasteiger partial charge in [-0.1, -0.05) is 12.1 Å². The smallest absolute Gasteiger partial charge is 0.306 e. The van der Waals surface area contributed by atoms with Crippen molar-refractivity contribution in [3.8, 4) is 0 Å². The zero-order valence-corrected chi connectivity index (χ0v) is 12.2. The lowest BCUT2D eigenvalue weighted by molar-refractivity contribution is -0.138. The van der Waals surface area contributed by atoms with Gasteiger partial charge in [-0.25, -0.2) is 4.79 Å². The number of benzene rings is 2. The van der Waals surface area contributed by atoms with E-state index in [0.29, 0.717) is 12.1 Å². The number of amides is 2. The number of nitrogens with one attached hydrogen (secondary N) is 1. The van der Waals surface area contributed by atoms with Crippen LogP contribution in [-0.2, 0) is 12.4 Å². The summed E-state index contributed by atoms with van der Waals surface area (Å²) in [5, 5.41) is 11.5. The van der Waals surface area contributed by atoms with E-state index in [9.17, 15) is 36.3 Å². The number of halogens is 6. The molecule has 0 saturated carbocycles. The van der Waals surface area contributed by atoms with Gasteiger partial charge in [-0.15, -0.1) is 0 Å². The summed E-state index contributed by atoms with van der Waals surface area (Å²) in [6.07, 6.45) is -9.32. The van der Waals surface area contributed by atoms with E-state index in [0.717, 1.165) is 36.4 Å². The highest BCUT2D eigenvalue weighted by atomic mass is 19.4. The van der Waals surface area contributed by atoms with Gasteiger partial charge in [-0.3, -0.25) is 5.21 Å². The van der Waals surface area contributed by atoms with E-state index in [1.54, 1.807) is 0 Å². The molecule has 25 heavy (non-hydrogen) atoms. The van der Waals surface area contributed by atoms with Gasteiger partial charge in [-0.05, 0) is 36.4 Å². The fourth-order valence-electron chi connectivity index (χ4n) is 1.88. The number of nitrogens with zero attached hydrogens (tertiary/aromatic N) is 1. The Morgan fingerprint density at radius 1 is 0.880 bits per heavy atom. The second kappa shape index (κ2) is 6.63. The van der Waals surface area contributed by atoms with Crippen molar-refractivity contribution in [3.63, 3.8) is 0 Å². The van der Waals surface area contributed by atoms with Crippen LogP contribution in [0.25, 0.3) is 0 Å². The Kier molecular flexibility index (Phi) is 4.93. The molecule has 0 aliphatic rings. The van der Waals surface area contributed by atoms with Crippen molar-refractivity contribution in [2.75, 3.05) is 10.4 Å². The molecule has 0 spiro atoms. The Morgan fingerprint density at radius 2 is 1.40 bits per heavy atom. The molecule has 2 rings (SSSR count). The van der Waals surface area contributed by atoms with Crippen molar-refractivity contribution in [1.29, 1.82) is 0 Å². The van der Waals surface area contributed by atoms with E-state index in [-0.39, 0.29) is 10.8 Å². The monoisotopic (exact) mass is 364 g/mol. The summed E-state index contributed by atoms with van der Waals surface area (Å²) in [7, 11) is 0. The molecule has 0 aromatic heterocycles. The number of urea groups is 1. The molecule has 0 saturated heterocycles. The summed E-state index contributed by atoms with van der Waals surface area (Å²) in [4.78, 5) is 11.8. The van der Waals surface area contributed by atoms with Crippen LogP contribution in [0.1, 0.15) is 11.1 Å². The van der Waals surface area contributed by atoms with E-state index in [2.05, 4.69) is 0 Å². The van der Waals surface area contributed by atoms with Crippen molar-refractivity contribution in [2.45, 2.75) is 12.4 Å². The molecule has 2 amide bonds. The van der Waals surface area contributed by atoms with Gasteiger partial charge in [0.25, 0.3) is 0 Å². The predicted octanol–water partition coefficient (Wildman–Crippen LogP) is 5.15. The first-order valence-corrected chi connectivity index (χ1v) is 6.63. The number of carbonyl (C=O) groups is 1. The van der Waals surface area contributed by atoms with Gasteiger partial charge in [0.15, 0.2) is 0 Å². The third-order valence-electron chi connectivity index (χ3n) is 3.05. The Labute approximate surface area is 137 Å². The number of hydrogen-bond donors (Lipinski definition) is 2. The van der Waals surface area contributed by atoms with Gasteiger partial charge in [0.1, 0.15) is 0 Å². The topological polar surface area (TPSA) is 52.6 Å². The Hall–Kier alpha value is -2.75. The molecule has 0 atom stereocenters. The van der Waals surface area contributed by atoms with Gasteiger partial charge in [0, 0.05) is 5.69 Å². The standard InChI is InChI=1S/C15H10F6N2O2/c16-14(17,18)9-3-1-5-11(7-9)22-13(24)23(25)12-6-2-4-10(8-12)15(19,20)21/h1-8,25H,(H,22,24). The van der Waals surface area contributed by atoms with Crippen LogP contribution in [0.3, 0.4) is 0 Å². The molecule has 134 valence electrons. The Morgan fingerprint density at radius 3 is 1.96 bits per heavy atom. The van der Waals surface area contributed by atoms with E-state index in [4.69, 9.17) is 0 Å². The van der Waals surface area contributed by atoms with Crippen LogP contribution in [-0.4, -0.2) is 11.2 Å². The minimum absolute atomic E-state index is 0.129. The van der Waals surface area contributed by atoms with Crippen LogP contribution in [0.4, 0.5) is 42.5 Å². The molecule has 0 bridgehead atoms. The second-order valence-corrected chi connectivity index (χ2v) is 4.87. The molecule has 10 heteroatoms. The van der Waals surface area contributed by atoms with Crippen molar-refractivity contribution in [3.05, 3.63) is 59.7 Å². The summed E-state index contributed by atoms with van der Waals surface area (Å²) < 4.78 is 75.7. The number of rotatable bonds is 2. The highest BCUT2D eigenvalue weighted by molar-refractivity contribution is 6.00. The maximum atomic E-state index is 12.6. The molecule has 0 aliphatic carbocycles. The van der Waals surface area contributed by atoms with Crippen molar-refractivity contribution < 1.29 is 36.3 Å². The van der Waals surface area contributed by atoms with E-state index in [1.165, 1.54) is 0 Å². The first-order chi connectivity index (χ1) is 11.5. The molecule has 0 unspecified atom stereocenters. The molecule has 2 aromatic carbocycles. The molecule has 0 fully saturated rings. The van der Waals surface area contributed by atoms with Crippen LogP contribution in [0.15, 0.2) is 48.5 Å². The molecule has 2 N–H and O–H groups in total. The number of hydroxylamine groups is 1. The van der Waals surface area contributed by atoms with Crippen LogP contribution in [0, 0.1) is 0 Å². The average Bonchev–Trinajstić information content (AvgIpc) is 2.53. The van der Waals surface area contributed by atoms with Crippen molar-refractivity contribution in [1.82, 2.24) is 0 Å². The lowest BCUT2D eigenvalue weighted by Gasteiger charge is -2.18. The van der Waals surface area contributed by atoms with Crippen LogP contribution in [0.2, 0.25) is 0 Å². The normalized spacial score (nSPS) is 12.0. The lowest BCUT2D eigenvalue weighted by atomic mass is 10.2. The maximum absolute atomic E-state index is 12.6. The fraction of sp³-hybridized carbons (Fsp3) is 0.133. The minimum Gasteiger partial charge on any atom is -0.306 e. The minimum atomic E-state index is -4.69. The Balaban J connectivity index is 2.19. The zero-order valence-electron chi connectivity index (χ0n) is 12.2. The summed E-state index contributed by atoms with van der Waals surface area (Å²) in [6.45, 7) is 0. The molecular formula is C15H10F6N2O2. The van der Waals surface area contributed by atoms with Gasteiger partial charge in [-0.2, -0.15) is 31.4 Å². The summed E-state index contributed by atoms with van der Waals surface area (Å²) in [6, 6.07) is 5.50. The van der Waals surface area contributed by atoms with Crippen LogP contribution < -0.4 is 10.4 Å². The Bertz CT molecular complexity index is 773. The summed E-state index contributed by atoms with van der Waals surface area (Å²) in [5.41, 5.74) is -2.92. The highest BCUT2D eigenvalue weighted by Gasteiger charge is 2.32. The van der Waals surface area contributed by atoms with Crippen molar-refractivity contribution in [2.24, 2.45) is 0 Å². The van der Waals surface area contributed by atoms with Crippen molar-refractivity contribution >= 4 is 17.4 Å². The number of anilines is 2. The van der Waals surface area contributed by atoms with E-state index in [1.807, 2.05) is 5.32 Å². The molecule has 0 radical (unpaired) electrons. The second-order valence-electron chi connectivity index (χ2n) is 4.87. The largest absolute Gasteiger partial charge is 0.416 e. The SMILES string of the molecule is O=C(Nc1cccc(C(F)(F)F)c1)N(O)c1cccc(C(F)(F)F)c1. The number of alkyl halides is 6. The predicted molar refractivity (Wildman–Crippen MR) is 76.2 cm³/mol. The zero-order chi connectivity index (χ0) is 18.8. The summed E-state index contributed by atoms with van der Waals surface area (Å²) in [5.74, 6) is 0. The first-order valence-electron chi connectivity index (χ1n) is 6.63. The third kappa shape index (κ3) is 4.63. The molecular weight excluding hydrogens is 354 g/mol. The van der Waals surface area contributed by atoms with E-state index < -0.39 is 35.2 Å². The van der Waals surface area contributed by atoms with Gasteiger partial charge in [0.2, 0.25) is 0 Å². The van der Waals surface area contributed by atoms with Gasteiger partial charge in [0.05, 0.1) is 16.8 Å². The molecule has 0 heterocycles. The third-order valence-corrected chi connectivity index (χ3v) is 3.05. The van der Waals surface area contributed by atoms with E-state index >= 15 is 0 Å². The van der Waals surface area contributed by atoms with Gasteiger partial charge >= 0.3 is 18.4 Å². The number of carbonyl (C=O) groups excluding carboxylic acids is 1. The summed E-state index contributed by atoms with van der Waals surface area (Å²) >= 11 is 0. The average molecular weight is 364 g/mol. The van der Waals surface area contributed by atoms with Crippen LogP contribution in [0.5, 0.6) is 0 Å². The fourth-order valence-corrected chi connectivity index (χ4v) is 1.88. The lowest BCUT2D eigenvalue weighted by Crippen LogP contribution is -2.32. The van der Waals surface area contributed by atoms with Gasteiger partial charge < -0.3 is 5.32 Å². The molecule has 0 aliphatic heterocycles. The molecule has 2 aromatic rings. The first kappa shape index (κ1) is 18.6. The quantitative estimate of drug-likeness (QED) is 0.440. The number of hydrogen-bond acceptors (Lipinski definition) is 2.